The number of rotatable bonds is 4. The van der Waals surface area contributed by atoms with Gasteiger partial charge in [0.05, 0.1) is 12.3 Å². The molecule has 82 valence electrons. The van der Waals surface area contributed by atoms with Crippen LogP contribution in [0.1, 0.15) is 28.5 Å². The molecule has 0 aliphatic heterocycles. The standard InChI is InChI=1S/C12H12N2OS/c1-9(12-3-2-6-15-12)14-8-11-5-4-10(7-13)16-11/h2-6,9,14H,8H2,1H3/t9-/m0/s1. The molecule has 2 rings (SSSR count). The maximum atomic E-state index is 8.70. The first-order valence-electron chi connectivity index (χ1n) is 5.05. The number of nitriles is 1. The minimum Gasteiger partial charge on any atom is -0.468 e. The second-order valence-corrected chi connectivity index (χ2v) is 4.66. The number of hydrogen-bond donors (Lipinski definition) is 1. The predicted octanol–water partition coefficient (Wildman–Crippen LogP) is 3.06. The zero-order chi connectivity index (χ0) is 11.4. The van der Waals surface area contributed by atoms with Gasteiger partial charge in [-0.15, -0.1) is 11.3 Å². The lowest BCUT2D eigenvalue weighted by Gasteiger charge is -2.09. The molecule has 0 saturated carbocycles. The quantitative estimate of drug-likeness (QED) is 0.881. The van der Waals surface area contributed by atoms with Gasteiger partial charge in [0.2, 0.25) is 0 Å². The Kier molecular flexibility index (Phi) is 3.40. The van der Waals surface area contributed by atoms with Gasteiger partial charge in [0.25, 0.3) is 0 Å². The summed E-state index contributed by atoms with van der Waals surface area (Å²) in [6, 6.07) is 9.97. The third-order valence-corrected chi connectivity index (χ3v) is 3.31. The van der Waals surface area contributed by atoms with E-state index in [1.807, 2.05) is 24.3 Å². The highest BCUT2D eigenvalue weighted by Gasteiger charge is 2.07. The van der Waals surface area contributed by atoms with Crippen LogP contribution in [0.25, 0.3) is 0 Å². The fourth-order valence-electron chi connectivity index (χ4n) is 1.42. The van der Waals surface area contributed by atoms with Gasteiger partial charge in [0.1, 0.15) is 16.7 Å². The molecule has 0 aliphatic carbocycles. The Morgan fingerprint density at radius 2 is 2.38 bits per heavy atom. The largest absolute Gasteiger partial charge is 0.468 e. The summed E-state index contributed by atoms with van der Waals surface area (Å²) in [5, 5.41) is 12.0. The number of hydrogen-bond acceptors (Lipinski definition) is 4. The van der Waals surface area contributed by atoms with Crippen LogP contribution in [0.5, 0.6) is 0 Å². The summed E-state index contributed by atoms with van der Waals surface area (Å²) >= 11 is 1.52. The summed E-state index contributed by atoms with van der Waals surface area (Å²) in [5.41, 5.74) is 0. The Labute approximate surface area is 98.3 Å². The monoisotopic (exact) mass is 232 g/mol. The molecular formula is C12H12N2OS. The zero-order valence-electron chi connectivity index (χ0n) is 8.93. The van der Waals surface area contributed by atoms with Gasteiger partial charge >= 0.3 is 0 Å². The normalized spacial score (nSPS) is 12.2. The van der Waals surface area contributed by atoms with Gasteiger partial charge in [0.15, 0.2) is 0 Å². The molecule has 0 spiro atoms. The summed E-state index contributed by atoms with van der Waals surface area (Å²) in [4.78, 5) is 1.91. The molecule has 0 aromatic carbocycles. The van der Waals surface area contributed by atoms with Gasteiger partial charge in [0, 0.05) is 11.4 Å². The van der Waals surface area contributed by atoms with Crippen molar-refractivity contribution in [2.75, 3.05) is 0 Å². The molecule has 3 nitrogen and oxygen atoms in total. The van der Waals surface area contributed by atoms with Crippen LogP contribution < -0.4 is 5.32 Å². The Balaban J connectivity index is 1.90. The Hall–Kier alpha value is -1.57. The van der Waals surface area contributed by atoms with E-state index in [0.717, 1.165) is 22.1 Å². The second kappa shape index (κ2) is 4.97. The minimum atomic E-state index is 0.183. The lowest BCUT2D eigenvalue weighted by molar-refractivity contribution is 0.431. The molecule has 2 aromatic rings. The molecule has 2 heterocycles. The maximum absolute atomic E-state index is 8.70. The van der Waals surface area contributed by atoms with Crippen LogP contribution >= 0.6 is 11.3 Å². The van der Waals surface area contributed by atoms with Crippen molar-refractivity contribution in [1.82, 2.24) is 5.32 Å². The predicted molar refractivity (Wildman–Crippen MR) is 63.0 cm³/mol. The van der Waals surface area contributed by atoms with E-state index in [2.05, 4.69) is 18.3 Å². The highest BCUT2D eigenvalue weighted by Crippen LogP contribution is 2.17. The molecule has 0 aliphatic rings. The first-order chi connectivity index (χ1) is 7.79. The lowest BCUT2D eigenvalue weighted by Crippen LogP contribution is -2.16. The lowest BCUT2D eigenvalue weighted by atomic mass is 10.2. The van der Waals surface area contributed by atoms with E-state index in [0.29, 0.717) is 0 Å². The van der Waals surface area contributed by atoms with E-state index in [-0.39, 0.29) is 6.04 Å². The molecule has 0 radical (unpaired) electrons. The summed E-state index contributed by atoms with van der Waals surface area (Å²) in [6.07, 6.45) is 1.67. The number of nitrogens with one attached hydrogen (secondary N) is 1. The van der Waals surface area contributed by atoms with Crippen molar-refractivity contribution in [2.24, 2.45) is 0 Å². The van der Waals surface area contributed by atoms with Crippen LogP contribution in [-0.2, 0) is 6.54 Å². The van der Waals surface area contributed by atoms with E-state index in [1.165, 1.54) is 11.3 Å². The average Bonchev–Trinajstić information content (AvgIpc) is 2.96. The van der Waals surface area contributed by atoms with Gasteiger partial charge in [-0.05, 0) is 31.2 Å². The SMILES string of the molecule is C[C@H](NCc1ccc(C#N)s1)c1ccco1. The van der Waals surface area contributed by atoms with Crippen LogP contribution in [0.3, 0.4) is 0 Å². The van der Waals surface area contributed by atoms with Crippen molar-refractivity contribution in [3.05, 3.63) is 46.0 Å². The van der Waals surface area contributed by atoms with Crippen molar-refractivity contribution < 1.29 is 4.42 Å². The second-order valence-electron chi connectivity index (χ2n) is 3.50. The number of nitrogens with zero attached hydrogens (tertiary/aromatic N) is 1. The van der Waals surface area contributed by atoms with Crippen LogP contribution in [0.15, 0.2) is 34.9 Å². The molecule has 4 heteroatoms. The fraction of sp³-hybridized carbons (Fsp3) is 0.250. The molecule has 0 amide bonds. The average molecular weight is 232 g/mol. The number of furan rings is 1. The van der Waals surface area contributed by atoms with E-state index in [4.69, 9.17) is 9.68 Å². The Morgan fingerprint density at radius 3 is 3.00 bits per heavy atom. The van der Waals surface area contributed by atoms with Crippen LogP contribution in [-0.4, -0.2) is 0 Å². The van der Waals surface area contributed by atoms with E-state index in [9.17, 15) is 0 Å². The number of thiophene rings is 1. The van der Waals surface area contributed by atoms with Crippen LogP contribution in [0, 0.1) is 11.3 Å². The molecule has 0 fully saturated rings. The van der Waals surface area contributed by atoms with Crippen molar-refractivity contribution in [3.63, 3.8) is 0 Å². The van der Waals surface area contributed by atoms with Gasteiger partial charge in [-0.3, -0.25) is 0 Å². The summed E-state index contributed by atoms with van der Waals surface area (Å²) in [5.74, 6) is 0.928. The topological polar surface area (TPSA) is 49.0 Å². The third kappa shape index (κ3) is 2.51. The molecule has 1 N–H and O–H groups in total. The fourth-order valence-corrected chi connectivity index (χ4v) is 2.18. The highest BCUT2D eigenvalue weighted by atomic mass is 32.1. The van der Waals surface area contributed by atoms with Crippen molar-refractivity contribution in [2.45, 2.75) is 19.5 Å². The first-order valence-corrected chi connectivity index (χ1v) is 5.87. The van der Waals surface area contributed by atoms with Gasteiger partial charge < -0.3 is 9.73 Å². The molecule has 16 heavy (non-hydrogen) atoms. The van der Waals surface area contributed by atoms with Gasteiger partial charge in [-0.25, -0.2) is 0 Å². The Bertz CT molecular complexity index is 481. The third-order valence-electron chi connectivity index (χ3n) is 2.32. The molecule has 1 atom stereocenters. The Morgan fingerprint density at radius 1 is 1.50 bits per heavy atom. The summed E-state index contributed by atoms with van der Waals surface area (Å²) < 4.78 is 5.30. The van der Waals surface area contributed by atoms with E-state index < -0.39 is 0 Å². The van der Waals surface area contributed by atoms with Crippen LogP contribution in [0.4, 0.5) is 0 Å². The zero-order valence-corrected chi connectivity index (χ0v) is 9.75. The van der Waals surface area contributed by atoms with E-state index >= 15 is 0 Å². The molecular weight excluding hydrogens is 220 g/mol. The van der Waals surface area contributed by atoms with E-state index in [1.54, 1.807) is 6.26 Å². The van der Waals surface area contributed by atoms with Gasteiger partial charge in [-0.2, -0.15) is 5.26 Å². The van der Waals surface area contributed by atoms with Crippen molar-refractivity contribution in [3.8, 4) is 6.07 Å². The molecule has 0 saturated heterocycles. The summed E-state index contributed by atoms with van der Waals surface area (Å²) in [6.45, 7) is 2.81. The van der Waals surface area contributed by atoms with Crippen LogP contribution in [0.2, 0.25) is 0 Å². The first kappa shape index (κ1) is 10.9. The minimum absolute atomic E-state index is 0.183. The highest BCUT2D eigenvalue weighted by molar-refractivity contribution is 7.12. The molecule has 0 unspecified atom stereocenters. The molecule has 2 aromatic heterocycles. The molecule has 0 bridgehead atoms. The van der Waals surface area contributed by atoms with Crippen molar-refractivity contribution >= 4 is 11.3 Å². The smallest absolute Gasteiger partial charge is 0.120 e. The summed E-state index contributed by atoms with van der Waals surface area (Å²) in [7, 11) is 0. The van der Waals surface area contributed by atoms with Gasteiger partial charge in [-0.1, -0.05) is 0 Å². The maximum Gasteiger partial charge on any atom is 0.120 e. The van der Waals surface area contributed by atoms with Crippen molar-refractivity contribution in [1.29, 1.82) is 5.26 Å².